The number of ether oxygens (including phenoxy) is 1. The largest absolute Gasteiger partial charge is 0.433 e. The molecule has 9 heteroatoms. The van der Waals surface area contributed by atoms with Crippen molar-refractivity contribution in [2.45, 2.75) is 6.18 Å². The highest BCUT2D eigenvalue weighted by molar-refractivity contribution is 6.80. The second-order valence-corrected chi connectivity index (χ2v) is 3.22. The first kappa shape index (κ1) is 14.1. The molecule has 0 saturated carbocycles. The molecule has 0 aliphatic heterocycles. The lowest BCUT2D eigenvalue weighted by molar-refractivity contribution is -0.146. The minimum absolute atomic E-state index is 0.422. The number of hydrogen-bond donors (Lipinski definition) is 0. The third kappa shape index (κ3) is 3.52. The van der Waals surface area contributed by atoms with Crippen molar-refractivity contribution >= 4 is 28.8 Å². The average molecular weight is 282 g/mol. The van der Waals surface area contributed by atoms with E-state index in [1.165, 1.54) is 0 Å². The first-order valence-electron chi connectivity index (χ1n) is 4.21. The van der Waals surface area contributed by atoms with E-state index in [1.54, 1.807) is 0 Å². The molecular formula is C9H3ClF3NO4. The molecule has 0 saturated heterocycles. The van der Waals surface area contributed by atoms with Crippen LogP contribution < -0.4 is 0 Å². The standard InChI is InChI=1S/C9H3ClF3NO4/c10-6(15)8(17)18-7(16)4-1-2-5(14-3-4)9(11,12)13/h1-3H. The van der Waals surface area contributed by atoms with E-state index in [2.05, 4.69) is 9.72 Å². The van der Waals surface area contributed by atoms with Crippen LogP contribution in [-0.4, -0.2) is 22.2 Å². The van der Waals surface area contributed by atoms with Crippen molar-refractivity contribution in [2.24, 2.45) is 0 Å². The molecule has 0 bridgehead atoms. The van der Waals surface area contributed by atoms with Gasteiger partial charge in [0.25, 0.3) is 0 Å². The molecule has 0 amide bonds. The van der Waals surface area contributed by atoms with Crippen LogP contribution in [0.1, 0.15) is 16.1 Å². The van der Waals surface area contributed by atoms with Gasteiger partial charge in [-0.15, -0.1) is 0 Å². The fourth-order valence-corrected chi connectivity index (χ4v) is 0.904. The summed E-state index contributed by atoms with van der Waals surface area (Å²) in [6, 6.07) is 1.29. The monoisotopic (exact) mass is 281 g/mol. The highest BCUT2D eigenvalue weighted by Crippen LogP contribution is 2.27. The Morgan fingerprint density at radius 2 is 1.83 bits per heavy atom. The number of aromatic nitrogens is 1. The fraction of sp³-hybridized carbons (Fsp3) is 0.111. The molecule has 0 aromatic carbocycles. The summed E-state index contributed by atoms with van der Waals surface area (Å²) in [5.41, 5.74) is -1.63. The van der Waals surface area contributed by atoms with Gasteiger partial charge in [0.15, 0.2) is 0 Å². The van der Waals surface area contributed by atoms with Gasteiger partial charge in [0, 0.05) is 6.20 Å². The van der Waals surface area contributed by atoms with E-state index >= 15 is 0 Å². The topological polar surface area (TPSA) is 73.3 Å². The molecule has 1 aromatic rings. The Kier molecular flexibility index (Phi) is 4.02. The number of carbonyl (C=O) groups is 3. The zero-order chi connectivity index (χ0) is 13.9. The number of esters is 2. The average Bonchev–Trinajstić information content (AvgIpc) is 2.27. The predicted molar refractivity (Wildman–Crippen MR) is 50.5 cm³/mol. The summed E-state index contributed by atoms with van der Waals surface area (Å²) in [6.45, 7) is 0. The van der Waals surface area contributed by atoms with Crippen LogP contribution in [-0.2, 0) is 20.5 Å². The van der Waals surface area contributed by atoms with Gasteiger partial charge in [-0.2, -0.15) is 13.2 Å². The van der Waals surface area contributed by atoms with Crippen molar-refractivity contribution in [2.75, 3.05) is 0 Å². The highest BCUT2D eigenvalue weighted by atomic mass is 35.5. The van der Waals surface area contributed by atoms with Crippen LogP contribution in [0.15, 0.2) is 18.3 Å². The summed E-state index contributed by atoms with van der Waals surface area (Å²) in [6.07, 6.45) is -4.08. The van der Waals surface area contributed by atoms with Crippen molar-refractivity contribution in [1.82, 2.24) is 4.98 Å². The zero-order valence-electron chi connectivity index (χ0n) is 8.32. The molecule has 0 aliphatic carbocycles. The summed E-state index contributed by atoms with van der Waals surface area (Å²) in [4.78, 5) is 35.0. The van der Waals surface area contributed by atoms with E-state index in [1.807, 2.05) is 0 Å². The van der Waals surface area contributed by atoms with Gasteiger partial charge in [-0.05, 0) is 23.7 Å². The van der Waals surface area contributed by atoms with Crippen LogP contribution in [0, 0.1) is 0 Å². The van der Waals surface area contributed by atoms with E-state index in [9.17, 15) is 27.6 Å². The smallest absolute Gasteiger partial charge is 0.383 e. The van der Waals surface area contributed by atoms with Gasteiger partial charge in [0.05, 0.1) is 5.56 Å². The SMILES string of the molecule is O=C(Cl)C(=O)OC(=O)c1ccc(C(F)(F)F)nc1. The Bertz CT molecular complexity index is 498. The van der Waals surface area contributed by atoms with Crippen LogP contribution in [0.2, 0.25) is 0 Å². The third-order valence-corrected chi connectivity index (χ3v) is 1.79. The normalized spacial score (nSPS) is 10.9. The molecule has 18 heavy (non-hydrogen) atoms. The summed E-state index contributed by atoms with van der Waals surface area (Å²) in [5, 5.41) is -1.52. The zero-order valence-corrected chi connectivity index (χ0v) is 9.08. The van der Waals surface area contributed by atoms with Crippen LogP contribution >= 0.6 is 11.6 Å². The van der Waals surface area contributed by atoms with Crippen molar-refractivity contribution in [1.29, 1.82) is 0 Å². The lowest BCUT2D eigenvalue weighted by Crippen LogP contribution is -2.18. The first-order valence-corrected chi connectivity index (χ1v) is 4.59. The molecule has 96 valence electrons. The first-order chi connectivity index (χ1) is 8.21. The van der Waals surface area contributed by atoms with Crippen LogP contribution in [0.4, 0.5) is 13.2 Å². The molecular weight excluding hydrogens is 279 g/mol. The van der Waals surface area contributed by atoms with E-state index < -0.39 is 34.6 Å². The van der Waals surface area contributed by atoms with Gasteiger partial charge < -0.3 is 4.74 Å². The Labute approximate surface area is 103 Å². The number of carbonyl (C=O) groups excluding carboxylic acids is 3. The molecule has 0 atom stereocenters. The van der Waals surface area contributed by atoms with Crippen LogP contribution in [0.3, 0.4) is 0 Å². The Morgan fingerprint density at radius 1 is 1.22 bits per heavy atom. The van der Waals surface area contributed by atoms with Crippen molar-refractivity contribution in [3.63, 3.8) is 0 Å². The Balaban J connectivity index is 2.83. The van der Waals surface area contributed by atoms with E-state index in [0.29, 0.717) is 12.3 Å². The molecule has 0 spiro atoms. The highest BCUT2D eigenvalue weighted by Gasteiger charge is 2.32. The van der Waals surface area contributed by atoms with Gasteiger partial charge in [-0.1, -0.05) is 0 Å². The molecule has 0 N–H and O–H groups in total. The Morgan fingerprint density at radius 3 is 2.22 bits per heavy atom. The molecule has 0 aliphatic rings. The molecule has 1 aromatic heterocycles. The quantitative estimate of drug-likeness (QED) is 0.356. The van der Waals surface area contributed by atoms with Crippen LogP contribution in [0.25, 0.3) is 0 Å². The number of rotatable bonds is 2. The van der Waals surface area contributed by atoms with E-state index in [4.69, 9.17) is 11.6 Å². The number of hydrogen-bond acceptors (Lipinski definition) is 5. The summed E-state index contributed by atoms with van der Waals surface area (Å²) in [7, 11) is 0. The van der Waals surface area contributed by atoms with Gasteiger partial charge >= 0.3 is 23.4 Å². The summed E-state index contributed by atoms with van der Waals surface area (Å²) in [5.74, 6) is -2.95. The molecule has 1 rings (SSSR count). The van der Waals surface area contributed by atoms with Crippen molar-refractivity contribution in [3.05, 3.63) is 29.6 Å². The van der Waals surface area contributed by atoms with E-state index in [0.717, 1.165) is 6.07 Å². The van der Waals surface area contributed by atoms with Crippen LogP contribution in [0.5, 0.6) is 0 Å². The molecule has 0 radical (unpaired) electrons. The van der Waals surface area contributed by atoms with Crippen molar-refractivity contribution in [3.8, 4) is 0 Å². The maximum absolute atomic E-state index is 12.1. The predicted octanol–water partition coefficient (Wildman–Crippen LogP) is 1.55. The minimum atomic E-state index is -4.65. The Hall–Kier alpha value is -1.96. The molecule has 1 heterocycles. The molecule has 0 fully saturated rings. The van der Waals surface area contributed by atoms with Crippen molar-refractivity contribution < 1.29 is 32.3 Å². The number of pyridine rings is 1. The minimum Gasteiger partial charge on any atom is -0.383 e. The number of alkyl halides is 3. The van der Waals surface area contributed by atoms with Gasteiger partial charge in [0.2, 0.25) is 0 Å². The van der Waals surface area contributed by atoms with Gasteiger partial charge in [-0.3, -0.25) is 9.78 Å². The van der Waals surface area contributed by atoms with E-state index in [-0.39, 0.29) is 0 Å². The van der Waals surface area contributed by atoms with Gasteiger partial charge in [0.1, 0.15) is 5.69 Å². The maximum atomic E-state index is 12.1. The number of halogens is 4. The molecule has 5 nitrogen and oxygen atoms in total. The van der Waals surface area contributed by atoms with Gasteiger partial charge in [-0.25, -0.2) is 9.59 Å². The molecule has 0 unspecified atom stereocenters. The number of nitrogens with zero attached hydrogens (tertiary/aromatic N) is 1. The second-order valence-electron chi connectivity index (χ2n) is 2.88. The maximum Gasteiger partial charge on any atom is 0.433 e. The third-order valence-electron chi connectivity index (χ3n) is 1.64. The summed E-state index contributed by atoms with van der Waals surface area (Å²) < 4.78 is 40.4. The lowest BCUT2D eigenvalue weighted by Gasteiger charge is -2.05. The fourth-order valence-electron chi connectivity index (χ4n) is 0.866. The summed E-state index contributed by atoms with van der Waals surface area (Å²) >= 11 is 4.71. The lowest BCUT2D eigenvalue weighted by atomic mass is 10.2. The second kappa shape index (κ2) is 5.13.